The normalized spacial score (nSPS) is 13.5. The van der Waals surface area contributed by atoms with Crippen LogP contribution in [0.2, 0.25) is 0 Å². The highest BCUT2D eigenvalue weighted by atomic mass is 32.2. The van der Waals surface area contributed by atoms with Gasteiger partial charge in [0, 0.05) is 5.92 Å². The van der Waals surface area contributed by atoms with Crippen molar-refractivity contribution in [3.05, 3.63) is 35.7 Å². The molecule has 1 heterocycles. The molecule has 1 aromatic heterocycles. The maximum absolute atomic E-state index is 12.1. The zero-order chi connectivity index (χ0) is 16.9. The van der Waals surface area contributed by atoms with Gasteiger partial charge >= 0.3 is 5.97 Å². The molecular weight excluding hydrogens is 330 g/mol. The van der Waals surface area contributed by atoms with E-state index in [0.717, 1.165) is 12.8 Å². The monoisotopic (exact) mass is 347 g/mol. The molecule has 7 nitrogen and oxygen atoms in total. The van der Waals surface area contributed by atoms with Crippen LogP contribution in [-0.4, -0.2) is 34.4 Å². The quantitative estimate of drug-likeness (QED) is 0.608. The molecule has 1 fully saturated rings. The molecule has 1 saturated carbocycles. The molecule has 2 aromatic rings. The van der Waals surface area contributed by atoms with Crippen LogP contribution in [0.25, 0.3) is 0 Å². The molecule has 1 aromatic carbocycles. The summed E-state index contributed by atoms with van der Waals surface area (Å²) in [6, 6.07) is 6.73. The van der Waals surface area contributed by atoms with Crippen LogP contribution in [-0.2, 0) is 9.53 Å². The standard InChI is InChI=1S/C16H17N3O4S/c1-2-22-15(21)11-5-3-4-6-12(11)17-13(20)9-24-16-19-18-14(23-16)10-7-8-10/h3-6,10H,2,7-9H2,1H3,(H,17,20). The second-order valence-corrected chi connectivity index (χ2v) is 6.21. The van der Waals surface area contributed by atoms with E-state index < -0.39 is 5.97 Å². The van der Waals surface area contributed by atoms with Gasteiger partial charge in [-0.15, -0.1) is 10.2 Å². The number of hydrogen-bond acceptors (Lipinski definition) is 7. The third kappa shape index (κ3) is 4.14. The first-order valence-electron chi connectivity index (χ1n) is 7.69. The Morgan fingerprint density at radius 1 is 1.33 bits per heavy atom. The second-order valence-electron chi connectivity index (χ2n) is 5.28. The number of carbonyl (C=O) groups is 2. The number of anilines is 1. The van der Waals surface area contributed by atoms with Crippen molar-refractivity contribution >= 4 is 29.3 Å². The first-order chi connectivity index (χ1) is 11.7. The molecule has 1 amide bonds. The predicted molar refractivity (Wildman–Crippen MR) is 88.0 cm³/mol. The van der Waals surface area contributed by atoms with Gasteiger partial charge in [0.2, 0.25) is 11.8 Å². The Kier molecular flexibility index (Phi) is 5.14. The number of rotatable bonds is 7. The number of esters is 1. The zero-order valence-electron chi connectivity index (χ0n) is 13.2. The third-order valence-electron chi connectivity index (χ3n) is 3.37. The lowest BCUT2D eigenvalue weighted by atomic mass is 10.2. The summed E-state index contributed by atoms with van der Waals surface area (Å²) < 4.78 is 10.5. The smallest absolute Gasteiger partial charge is 0.340 e. The molecule has 0 radical (unpaired) electrons. The molecule has 1 aliphatic rings. The lowest BCUT2D eigenvalue weighted by Gasteiger charge is -2.09. The highest BCUT2D eigenvalue weighted by Gasteiger charge is 2.29. The Labute approximate surface area is 143 Å². The van der Waals surface area contributed by atoms with Crippen molar-refractivity contribution in [1.82, 2.24) is 10.2 Å². The summed E-state index contributed by atoms with van der Waals surface area (Å²) in [5.41, 5.74) is 0.747. The number of thioether (sulfide) groups is 1. The fraction of sp³-hybridized carbons (Fsp3) is 0.375. The van der Waals surface area contributed by atoms with E-state index in [0.29, 0.717) is 28.3 Å². The number of benzene rings is 1. The van der Waals surface area contributed by atoms with E-state index in [1.165, 1.54) is 11.8 Å². The van der Waals surface area contributed by atoms with E-state index >= 15 is 0 Å². The maximum Gasteiger partial charge on any atom is 0.340 e. The fourth-order valence-electron chi connectivity index (χ4n) is 2.07. The molecule has 0 aliphatic heterocycles. The lowest BCUT2D eigenvalue weighted by Crippen LogP contribution is -2.17. The SMILES string of the molecule is CCOC(=O)c1ccccc1NC(=O)CSc1nnc(C2CC2)o1. The van der Waals surface area contributed by atoms with Gasteiger partial charge in [0.05, 0.1) is 23.6 Å². The average Bonchev–Trinajstić information content (AvgIpc) is 3.32. The lowest BCUT2D eigenvalue weighted by molar-refractivity contribution is -0.113. The van der Waals surface area contributed by atoms with Crippen LogP contribution in [0.15, 0.2) is 33.9 Å². The van der Waals surface area contributed by atoms with Crippen molar-refractivity contribution in [2.45, 2.75) is 30.9 Å². The number of nitrogens with one attached hydrogen (secondary N) is 1. The van der Waals surface area contributed by atoms with Crippen LogP contribution in [0, 0.1) is 0 Å². The molecule has 1 N–H and O–H groups in total. The van der Waals surface area contributed by atoms with Crippen molar-refractivity contribution in [2.24, 2.45) is 0 Å². The molecule has 1 aliphatic carbocycles. The zero-order valence-corrected chi connectivity index (χ0v) is 14.0. The van der Waals surface area contributed by atoms with Gasteiger partial charge in [0.15, 0.2) is 0 Å². The number of nitrogens with zero attached hydrogens (tertiary/aromatic N) is 2. The van der Waals surface area contributed by atoms with Crippen LogP contribution < -0.4 is 5.32 Å². The minimum Gasteiger partial charge on any atom is -0.462 e. The van der Waals surface area contributed by atoms with Crippen molar-refractivity contribution in [2.75, 3.05) is 17.7 Å². The number of aromatic nitrogens is 2. The maximum atomic E-state index is 12.1. The molecule has 0 atom stereocenters. The number of hydrogen-bond donors (Lipinski definition) is 1. The summed E-state index contributed by atoms with van der Waals surface area (Å²) in [4.78, 5) is 24.0. The Morgan fingerprint density at radius 2 is 2.12 bits per heavy atom. The first-order valence-corrected chi connectivity index (χ1v) is 8.68. The Hall–Kier alpha value is -2.35. The van der Waals surface area contributed by atoms with Crippen molar-refractivity contribution in [1.29, 1.82) is 0 Å². The number of amides is 1. The van der Waals surface area contributed by atoms with Crippen LogP contribution >= 0.6 is 11.8 Å². The minimum absolute atomic E-state index is 0.115. The van der Waals surface area contributed by atoms with Gasteiger partial charge in [-0.2, -0.15) is 0 Å². The molecule has 0 unspecified atom stereocenters. The molecule has 3 rings (SSSR count). The van der Waals surface area contributed by atoms with E-state index in [-0.39, 0.29) is 18.3 Å². The van der Waals surface area contributed by atoms with Gasteiger partial charge in [-0.3, -0.25) is 4.79 Å². The Morgan fingerprint density at radius 3 is 2.88 bits per heavy atom. The van der Waals surface area contributed by atoms with Crippen LogP contribution in [0.4, 0.5) is 5.69 Å². The van der Waals surface area contributed by atoms with Crippen LogP contribution in [0.1, 0.15) is 41.9 Å². The summed E-state index contributed by atoms with van der Waals surface area (Å²) in [5, 5.41) is 11.0. The summed E-state index contributed by atoms with van der Waals surface area (Å²) >= 11 is 1.17. The fourth-order valence-corrected chi connectivity index (χ4v) is 2.64. The first kappa shape index (κ1) is 16.5. The molecule has 24 heavy (non-hydrogen) atoms. The molecule has 8 heteroatoms. The van der Waals surface area contributed by atoms with Crippen LogP contribution in [0.3, 0.4) is 0 Å². The van der Waals surface area contributed by atoms with Crippen molar-refractivity contribution in [3.8, 4) is 0 Å². The number of para-hydroxylation sites is 1. The molecule has 0 saturated heterocycles. The van der Waals surface area contributed by atoms with Gasteiger partial charge in [-0.1, -0.05) is 23.9 Å². The van der Waals surface area contributed by atoms with Crippen molar-refractivity contribution < 1.29 is 18.7 Å². The summed E-state index contributed by atoms with van der Waals surface area (Å²) in [6.45, 7) is 2.01. The molecule has 0 bridgehead atoms. The van der Waals surface area contributed by atoms with E-state index in [9.17, 15) is 9.59 Å². The van der Waals surface area contributed by atoms with Gasteiger partial charge in [-0.25, -0.2) is 4.79 Å². The average molecular weight is 347 g/mol. The van der Waals surface area contributed by atoms with Gasteiger partial charge in [-0.05, 0) is 31.9 Å². The molecule has 0 spiro atoms. The van der Waals surface area contributed by atoms with E-state index in [2.05, 4.69) is 15.5 Å². The Bertz CT molecular complexity index is 742. The summed E-state index contributed by atoms with van der Waals surface area (Å²) in [5.74, 6) is 0.418. The van der Waals surface area contributed by atoms with Gasteiger partial charge < -0.3 is 14.5 Å². The third-order valence-corrected chi connectivity index (χ3v) is 4.19. The molecular formula is C16H17N3O4S. The largest absolute Gasteiger partial charge is 0.462 e. The second kappa shape index (κ2) is 7.48. The highest BCUT2D eigenvalue weighted by molar-refractivity contribution is 7.99. The van der Waals surface area contributed by atoms with Gasteiger partial charge in [0.1, 0.15) is 0 Å². The van der Waals surface area contributed by atoms with Gasteiger partial charge in [0.25, 0.3) is 5.22 Å². The van der Waals surface area contributed by atoms with E-state index in [1.54, 1.807) is 31.2 Å². The topological polar surface area (TPSA) is 94.3 Å². The summed E-state index contributed by atoms with van der Waals surface area (Å²) in [6.07, 6.45) is 2.16. The summed E-state index contributed by atoms with van der Waals surface area (Å²) in [7, 11) is 0. The number of ether oxygens (including phenoxy) is 1. The molecule has 126 valence electrons. The number of carbonyl (C=O) groups excluding carboxylic acids is 2. The van der Waals surface area contributed by atoms with Crippen molar-refractivity contribution in [3.63, 3.8) is 0 Å². The predicted octanol–water partition coefficient (Wildman–Crippen LogP) is 2.85. The van der Waals surface area contributed by atoms with E-state index in [4.69, 9.17) is 9.15 Å². The van der Waals surface area contributed by atoms with Crippen LogP contribution in [0.5, 0.6) is 0 Å². The highest BCUT2D eigenvalue weighted by Crippen LogP contribution is 2.39. The Balaban J connectivity index is 1.57. The van der Waals surface area contributed by atoms with E-state index in [1.807, 2.05) is 0 Å². The minimum atomic E-state index is -0.466.